The molecular formula is C16H26BrNS. The van der Waals surface area contributed by atoms with E-state index >= 15 is 0 Å². The maximum Gasteiger partial charge on any atom is 0.0317 e. The van der Waals surface area contributed by atoms with Gasteiger partial charge in [0, 0.05) is 9.35 Å². The van der Waals surface area contributed by atoms with Gasteiger partial charge in [-0.15, -0.1) is 11.3 Å². The maximum absolute atomic E-state index is 3.74. The standard InChI is InChI=1S/C16H26BrNS/c1-4-18-10-13-6-5-12(11(2)3)9-14(13)16-15(17)7-8-19-16/h7-8,11-14,18H,4-6,9-10H2,1-3H3. The van der Waals surface area contributed by atoms with Gasteiger partial charge in [0.1, 0.15) is 0 Å². The third-order valence-electron chi connectivity index (χ3n) is 4.61. The van der Waals surface area contributed by atoms with E-state index in [0.717, 1.165) is 30.2 Å². The maximum atomic E-state index is 3.74. The van der Waals surface area contributed by atoms with Gasteiger partial charge in [-0.25, -0.2) is 0 Å². The predicted octanol–water partition coefficient (Wildman–Crippen LogP) is 5.28. The zero-order chi connectivity index (χ0) is 13.8. The van der Waals surface area contributed by atoms with Crippen LogP contribution in [0.15, 0.2) is 15.9 Å². The van der Waals surface area contributed by atoms with Crippen LogP contribution >= 0.6 is 27.3 Å². The molecule has 0 aromatic carbocycles. The number of hydrogen-bond acceptors (Lipinski definition) is 2. The Labute approximate surface area is 130 Å². The molecule has 0 spiro atoms. The Bertz CT molecular complexity index is 388. The molecule has 1 aromatic heterocycles. The summed E-state index contributed by atoms with van der Waals surface area (Å²) in [5.41, 5.74) is 0. The Morgan fingerprint density at radius 2 is 2.21 bits per heavy atom. The van der Waals surface area contributed by atoms with Crippen LogP contribution in [0.5, 0.6) is 0 Å². The van der Waals surface area contributed by atoms with Gasteiger partial charge in [-0.2, -0.15) is 0 Å². The van der Waals surface area contributed by atoms with Crippen LogP contribution in [-0.2, 0) is 0 Å². The van der Waals surface area contributed by atoms with E-state index in [4.69, 9.17) is 0 Å². The fraction of sp³-hybridized carbons (Fsp3) is 0.750. The van der Waals surface area contributed by atoms with E-state index in [2.05, 4.69) is 53.5 Å². The SMILES string of the molecule is CCNCC1CCC(C(C)C)CC1c1sccc1Br. The average Bonchev–Trinajstić information content (AvgIpc) is 2.82. The van der Waals surface area contributed by atoms with Crippen LogP contribution in [0.2, 0.25) is 0 Å². The van der Waals surface area contributed by atoms with E-state index in [0.29, 0.717) is 0 Å². The van der Waals surface area contributed by atoms with E-state index in [1.165, 1.54) is 30.3 Å². The molecule has 3 atom stereocenters. The number of halogens is 1. The molecule has 1 fully saturated rings. The smallest absolute Gasteiger partial charge is 0.0317 e. The van der Waals surface area contributed by atoms with Gasteiger partial charge in [0.05, 0.1) is 0 Å². The lowest BCUT2D eigenvalue weighted by molar-refractivity contribution is 0.192. The van der Waals surface area contributed by atoms with Crippen molar-refractivity contribution in [1.29, 1.82) is 0 Å². The van der Waals surface area contributed by atoms with Crippen LogP contribution in [0.4, 0.5) is 0 Å². The third kappa shape index (κ3) is 3.83. The van der Waals surface area contributed by atoms with Gasteiger partial charge in [-0.3, -0.25) is 0 Å². The minimum Gasteiger partial charge on any atom is -0.317 e. The number of nitrogens with one attached hydrogen (secondary N) is 1. The van der Waals surface area contributed by atoms with Gasteiger partial charge in [0.2, 0.25) is 0 Å². The average molecular weight is 344 g/mol. The monoisotopic (exact) mass is 343 g/mol. The molecule has 1 aliphatic rings. The second-order valence-corrected chi connectivity index (χ2v) is 7.93. The van der Waals surface area contributed by atoms with Crippen molar-refractivity contribution >= 4 is 27.3 Å². The Morgan fingerprint density at radius 3 is 2.79 bits per heavy atom. The molecule has 1 aromatic rings. The first kappa shape index (κ1) is 15.5. The molecule has 0 bridgehead atoms. The van der Waals surface area contributed by atoms with E-state index in [1.54, 1.807) is 4.88 Å². The largest absolute Gasteiger partial charge is 0.317 e. The highest BCUT2D eigenvalue weighted by Crippen LogP contribution is 2.46. The predicted molar refractivity (Wildman–Crippen MR) is 89.0 cm³/mol. The first-order valence-corrected chi connectivity index (χ1v) is 9.24. The van der Waals surface area contributed by atoms with E-state index in [1.807, 2.05) is 11.3 Å². The van der Waals surface area contributed by atoms with Crippen molar-refractivity contribution in [3.05, 3.63) is 20.8 Å². The normalized spacial score (nSPS) is 27.9. The molecule has 1 heterocycles. The molecule has 0 aliphatic heterocycles. The van der Waals surface area contributed by atoms with Crippen LogP contribution < -0.4 is 5.32 Å². The Hall–Kier alpha value is 0.140. The number of rotatable bonds is 5. The molecule has 0 saturated heterocycles. The molecule has 108 valence electrons. The van der Waals surface area contributed by atoms with Crippen molar-refractivity contribution in [2.45, 2.75) is 46.0 Å². The topological polar surface area (TPSA) is 12.0 Å². The van der Waals surface area contributed by atoms with E-state index in [-0.39, 0.29) is 0 Å². The summed E-state index contributed by atoms with van der Waals surface area (Å²) in [6.45, 7) is 9.24. The van der Waals surface area contributed by atoms with E-state index in [9.17, 15) is 0 Å². The highest BCUT2D eigenvalue weighted by atomic mass is 79.9. The summed E-state index contributed by atoms with van der Waals surface area (Å²) in [5.74, 6) is 3.28. The summed E-state index contributed by atoms with van der Waals surface area (Å²) >= 11 is 5.68. The second kappa shape index (κ2) is 7.24. The van der Waals surface area contributed by atoms with Gasteiger partial charge >= 0.3 is 0 Å². The summed E-state index contributed by atoms with van der Waals surface area (Å²) in [4.78, 5) is 1.58. The first-order chi connectivity index (χ1) is 9.13. The molecule has 1 nitrogen and oxygen atoms in total. The summed E-state index contributed by atoms with van der Waals surface area (Å²) < 4.78 is 1.33. The van der Waals surface area contributed by atoms with Crippen LogP contribution in [0, 0.1) is 17.8 Å². The second-order valence-electron chi connectivity index (χ2n) is 6.12. The van der Waals surface area contributed by atoms with Gasteiger partial charge in [0.15, 0.2) is 0 Å². The van der Waals surface area contributed by atoms with Gasteiger partial charge in [0.25, 0.3) is 0 Å². The Kier molecular flexibility index (Phi) is 5.91. The highest BCUT2D eigenvalue weighted by Gasteiger charge is 2.33. The van der Waals surface area contributed by atoms with Crippen molar-refractivity contribution in [2.24, 2.45) is 17.8 Å². The molecule has 0 amide bonds. The number of thiophene rings is 1. The lowest BCUT2D eigenvalue weighted by Crippen LogP contribution is -2.33. The molecule has 1 saturated carbocycles. The third-order valence-corrected chi connectivity index (χ3v) is 6.62. The fourth-order valence-electron chi connectivity index (χ4n) is 3.34. The number of hydrogen-bond donors (Lipinski definition) is 1. The van der Waals surface area contributed by atoms with Crippen molar-refractivity contribution in [3.8, 4) is 0 Å². The molecule has 0 radical (unpaired) electrons. The molecule has 1 N–H and O–H groups in total. The molecule has 19 heavy (non-hydrogen) atoms. The van der Waals surface area contributed by atoms with Crippen LogP contribution in [0.1, 0.15) is 50.8 Å². The van der Waals surface area contributed by atoms with Gasteiger partial charge in [-0.05, 0) is 83.4 Å². The van der Waals surface area contributed by atoms with Crippen molar-refractivity contribution < 1.29 is 0 Å². The van der Waals surface area contributed by atoms with Crippen LogP contribution in [-0.4, -0.2) is 13.1 Å². The minimum absolute atomic E-state index is 0.745. The molecule has 3 heteroatoms. The summed E-state index contributed by atoms with van der Waals surface area (Å²) in [6, 6.07) is 2.21. The van der Waals surface area contributed by atoms with Gasteiger partial charge < -0.3 is 5.32 Å². The lowest BCUT2D eigenvalue weighted by atomic mass is 9.70. The molecule has 2 rings (SSSR count). The molecule has 3 unspecified atom stereocenters. The van der Waals surface area contributed by atoms with Crippen molar-refractivity contribution in [1.82, 2.24) is 5.32 Å². The summed E-state index contributed by atoms with van der Waals surface area (Å²) in [5, 5.41) is 5.79. The zero-order valence-electron chi connectivity index (χ0n) is 12.3. The quantitative estimate of drug-likeness (QED) is 0.767. The zero-order valence-corrected chi connectivity index (χ0v) is 14.7. The summed E-state index contributed by atoms with van der Waals surface area (Å²) in [7, 11) is 0. The lowest BCUT2D eigenvalue weighted by Gasteiger charge is -2.38. The van der Waals surface area contributed by atoms with Crippen LogP contribution in [0.3, 0.4) is 0 Å². The minimum atomic E-state index is 0.745. The molecular weight excluding hydrogens is 318 g/mol. The molecule has 1 aliphatic carbocycles. The van der Waals surface area contributed by atoms with Crippen LogP contribution in [0.25, 0.3) is 0 Å². The highest BCUT2D eigenvalue weighted by molar-refractivity contribution is 9.10. The van der Waals surface area contributed by atoms with E-state index < -0.39 is 0 Å². The Morgan fingerprint density at radius 1 is 1.42 bits per heavy atom. The van der Waals surface area contributed by atoms with Crippen molar-refractivity contribution in [2.75, 3.05) is 13.1 Å². The van der Waals surface area contributed by atoms with Gasteiger partial charge in [-0.1, -0.05) is 20.8 Å². The van der Waals surface area contributed by atoms with Crippen molar-refractivity contribution in [3.63, 3.8) is 0 Å². The fourth-order valence-corrected chi connectivity index (χ4v) is 5.21. The summed E-state index contributed by atoms with van der Waals surface area (Å²) in [6.07, 6.45) is 4.16. The first-order valence-electron chi connectivity index (χ1n) is 7.57. The Balaban J connectivity index is 2.13.